The van der Waals surface area contributed by atoms with Gasteiger partial charge in [-0.05, 0) is 44.9 Å². The second-order valence-corrected chi connectivity index (χ2v) is 7.21. The molecule has 1 aliphatic heterocycles. The average molecular weight is 354 g/mol. The third-order valence-corrected chi connectivity index (χ3v) is 4.57. The van der Waals surface area contributed by atoms with Crippen molar-refractivity contribution in [3.63, 3.8) is 0 Å². The smallest absolute Gasteiger partial charge is 0.256 e. The van der Waals surface area contributed by atoms with E-state index in [0.717, 1.165) is 0 Å². The fourth-order valence-corrected chi connectivity index (χ4v) is 2.83. The molecule has 1 amide bonds. The Kier molecular flexibility index (Phi) is 6.03. The van der Waals surface area contributed by atoms with E-state index in [9.17, 15) is 19.4 Å². The van der Waals surface area contributed by atoms with Gasteiger partial charge in [0.1, 0.15) is 11.6 Å². The van der Waals surface area contributed by atoms with Gasteiger partial charge in [-0.1, -0.05) is 0 Å². The van der Waals surface area contributed by atoms with Gasteiger partial charge in [-0.2, -0.15) is 0 Å². The Bertz CT molecular complexity index is 623. The van der Waals surface area contributed by atoms with Crippen molar-refractivity contribution in [1.29, 1.82) is 0 Å². The summed E-state index contributed by atoms with van der Waals surface area (Å²) in [6, 6.07) is 4.39. The van der Waals surface area contributed by atoms with Crippen LogP contribution in [0.5, 0.6) is 5.75 Å². The summed E-state index contributed by atoms with van der Waals surface area (Å²) in [7, 11) is 1.50. The third-order valence-electron chi connectivity index (χ3n) is 4.57. The van der Waals surface area contributed by atoms with Crippen LogP contribution in [-0.2, 0) is 11.3 Å². The van der Waals surface area contributed by atoms with Gasteiger partial charge in [-0.15, -0.1) is 0 Å². The number of hydrogen-bond donors (Lipinski definition) is 3. The fourth-order valence-electron chi connectivity index (χ4n) is 2.83. The third kappa shape index (κ3) is 4.68. The lowest BCUT2D eigenvalue weighted by Crippen LogP contribution is -2.60. The Morgan fingerprint density at radius 1 is 1.44 bits per heavy atom. The average Bonchev–Trinajstić information content (AvgIpc) is 2.59. The second kappa shape index (κ2) is 7.68. The Morgan fingerprint density at radius 2 is 2.16 bits per heavy atom. The summed E-state index contributed by atoms with van der Waals surface area (Å²) in [5.74, 6) is -0.327. The molecular weight excluding hydrogens is 327 g/mol. The number of aliphatic hydroxyl groups is 2. The van der Waals surface area contributed by atoms with Crippen LogP contribution in [0.15, 0.2) is 18.2 Å². The summed E-state index contributed by atoms with van der Waals surface area (Å²) in [6.07, 6.45) is 0.951. The number of amides is 1. The maximum absolute atomic E-state index is 14.0. The zero-order valence-electron chi connectivity index (χ0n) is 15.0. The molecule has 1 saturated heterocycles. The van der Waals surface area contributed by atoms with E-state index < -0.39 is 22.9 Å². The highest BCUT2D eigenvalue weighted by atomic mass is 19.1. The van der Waals surface area contributed by atoms with Crippen LogP contribution >= 0.6 is 0 Å². The number of nitrogens with zero attached hydrogens (tertiary/aromatic N) is 1. The highest BCUT2D eigenvalue weighted by Crippen LogP contribution is 2.26. The van der Waals surface area contributed by atoms with Gasteiger partial charge in [0.05, 0.1) is 13.7 Å². The molecule has 1 fully saturated rings. The molecule has 25 heavy (non-hydrogen) atoms. The van der Waals surface area contributed by atoms with E-state index in [1.54, 1.807) is 19.9 Å². The molecule has 0 bridgehead atoms. The second-order valence-electron chi connectivity index (χ2n) is 7.21. The van der Waals surface area contributed by atoms with Crippen molar-refractivity contribution in [2.24, 2.45) is 0 Å². The number of nitrogens with one attached hydrogen (secondary N) is 1. The number of ether oxygens (including phenoxy) is 1. The zero-order chi connectivity index (χ0) is 18.7. The first kappa shape index (κ1) is 19.6. The monoisotopic (exact) mass is 354 g/mol. The molecule has 6 nitrogen and oxygen atoms in total. The van der Waals surface area contributed by atoms with Crippen LogP contribution in [0.4, 0.5) is 4.39 Å². The zero-order valence-corrected chi connectivity index (χ0v) is 15.0. The molecule has 1 heterocycles. The van der Waals surface area contributed by atoms with Crippen molar-refractivity contribution in [3.05, 3.63) is 29.6 Å². The Hall–Kier alpha value is -1.70. The lowest BCUT2D eigenvalue weighted by atomic mass is 9.90. The number of likely N-dealkylation sites (tertiary alicyclic amines) is 1. The van der Waals surface area contributed by atoms with Crippen LogP contribution in [0.3, 0.4) is 0 Å². The van der Waals surface area contributed by atoms with Gasteiger partial charge in [0, 0.05) is 30.7 Å². The number of aliphatic hydroxyl groups excluding tert-OH is 1. The molecule has 1 aliphatic rings. The highest BCUT2D eigenvalue weighted by Gasteiger charge is 2.42. The van der Waals surface area contributed by atoms with Gasteiger partial charge >= 0.3 is 0 Å². The van der Waals surface area contributed by atoms with Crippen LogP contribution in [0, 0.1) is 5.82 Å². The van der Waals surface area contributed by atoms with E-state index in [1.807, 2.05) is 0 Å². The largest absolute Gasteiger partial charge is 0.497 e. The van der Waals surface area contributed by atoms with E-state index in [2.05, 4.69) is 5.32 Å². The number of benzene rings is 1. The Morgan fingerprint density at radius 3 is 2.80 bits per heavy atom. The highest BCUT2D eigenvalue weighted by molar-refractivity contribution is 5.86. The topological polar surface area (TPSA) is 82.0 Å². The number of β-amino-alcohol motifs (C(OH)–C–C–N with tert-alkyl or cyclic N) is 1. The van der Waals surface area contributed by atoms with Gasteiger partial charge in [0.15, 0.2) is 5.60 Å². The number of carbonyl (C=O) groups is 1. The molecule has 0 radical (unpaired) electrons. The standard InChI is InChI=1S/C18H27FN2O4/c1-17(2,12-22)20-11-18(24)7-4-8-21(16(18)23)10-13-9-14(25-3)5-6-15(13)19/h5-6,9,20,22,24H,4,7-8,10-12H2,1-3H3/t18-/m0/s1. The number of rotatable bonds is 7. The summed E-state index contributed by atoms with van der Waals surface area (Å²) in [5.41, 5.74) is -1.81. The van der Waals surface area contributed by atoms with Gasteiger partial charge < -0.3 is 25.2 Å². The molecule has 1 atom stereocenters. The predicted octanol–water partition coefficient (Wildman–Crippen LogP) is 1.05. The molecule has 140 valence electrons. The van der Waals surface area contributed by atoms with E-state index in [-0.39, 0.29) is 19.7 Å². The van der Waals surface area contributed by atoms with Gasteiger partial charge in [0.2, 0.25) is 0 Å². The number of methoxy groups -OCH3 is 1. The minimum absolute atomic E-state index is 0.0382. The molecule has 3 N–H and O–H groups in total. The lowest BCUT2D eigenvalue weighted by molar-refractivity contribution is -0.157. The number of hydrogen-bond acceptors (Lipinski definition) is 5. The number of halogens is 1. The van der Waals surface area contributed by atoms with Gasteiger partial charge in [-0.3, -0.25) is 4.79 Å². The molecule has 2 rings (SSSR count). The normalized spacial score (nSPS) is 21.5. The van der Waals surface area contributed by atoms with Crippen molar-refractivity contribution in [3.8, 4) is 5.75 Å². The van der Waals surface area contributed by atoms with Crippen LogP contribution in [-0.4, -0.2) is 59.0 Å². The van der Waals surface area contributed by atoms with E-state index in [1.165, 1.54) is 24.1 Å². The quantitative estimate of drug-likeness (QED) is 0.682. The molecule has 0 aliphatic carbocycles. The minimum atomic E-state index is -1.56. The molecule has 1 aromatic carbocycles. The molecule has 0 saturated carbocycles. The van der Waals surface area contributed by atoms with Crippen LogP contribution in [0.1, 0.15) is 32.3 Å². The summed E-state index contributed by atoms with van der Waals surface area (Å²) in [5, 5.41) is 23.1. The molecule has 7 heteroatoms. The number of piperidine rings is 1. The summed E-state index contributed by atoms with van der Waals surface area (Å²) >= 11 is 0. The molecular formula is C18H27FN2O4. The molecule has 0 spiro atoms. The van der Waals surface area contributed by atoms with E-state index in [4.69, 9.17) is 4.74 Å². The van der Waals surface area contributed by atoms with Crippen molar-refractivity contribution in [2.45, 2.75) is 44.4 Å². The Balaban J connectivity index is 2.11. The van der Waals surface area contributed by atoms with E-state index >= 15 is 0 Å². The summed E-state index contributed by atoms with van der Waals surface area (Å²) in [4.78, 5) is 14.2. The van der Waals surface area contributed by atoms with Crippen molar-refractivity contribution in [1.82, 2.24) is 10.2 Å². The van der Waals surface area contributed by atoms with Crippen LogP contribution in [0.25, 0.3) is 0 Å². The van der Waals surface area contributed by atoms with Gasteiger partial charge in [0.25, 0.3) is 5.91 Å². The number of carbonyl (C=O) groups excluding carboxylic acids is 1. The SMILES string of the molecule is COc1ccc(F)c(CN2CCC[C@](O)(CNC(C)(C)CO)C2=O)c1. The summed E-state index contributed by atoms with van der Waals surface area (Å²) < 4.78 is 19.1. The van der Waals surface area contributed by atoms with Crippen molar-refractivity contribution in [2.75, 3.05) is 26.8 Å². The fraction of sp³-hybridized carbons (Fsp3) is 0.611. The first-order valence-electron chi connectivity index (χ1n) is 8.41. The summed E-state index contributed by atoms with van der Waals surface area (Å²) in [6.45, 7) is 4.03. The minimum Gasteiger partial charge on any atom is -0.497 e. The first-order valence-corrected chi connectivity index (χ1v) is 8.41. The van der Waals surface area contributed by atoms with E-state index in [0.29, 0.717) is 30.7 Å². The molecule has 0 unspecified atom stereocenters. The van der Waals surface area contributed by atoms with Crippen LogP contribution < -0.4 is 10.1 Å². The lowest BCUT2D eigenvalue weighted by Gasteiger charge is -2.40. The van der Waals surface area contributed by atoms with Crippen molar-refractivity contribution >= 4 is 5.91 Å². The molecule has 1 aromatic rings. The van der Waals surface area contributed by atoms with Crippen molar-refractivity contribution < 1.29 is 24.1 Å². The maximum Gasteiger partial charge on any atom is 0.256 e. The molecule has 0 aromatic heterocycles. The van der Waals surface area contributed by atoms with Gasteiger partial charge in [-0.25, -0.2) is 4.39 Å². The predicted molar refractivity (Wildman–Crippen MR) is 91.7 cm³/mol. The van der Waals surface area contributed by atoms with Crippen LogP contribution in [0.2, 0.25) is 0 Å². The maximum atomic E-state index is 14.0. The first-order chi connectivity index (χ1) is 11.7. The Labute approximate surface area is 147 Å².